The molecule has 84 valence electrons. The molecule has 0 bridgehead atoms. The Hall–Kier alpha value is -2.04. The zero-order valence-electron chi connectivity index (χ0n) is 8.77. The third-order valence-corrected chi connectivity index (χ3v) is 2.56. The number of carbonyl (C=O) groups excluding carboxylic acids is 1. The van der Waals surface area contributed by atoms with Gasteiger partial charge in [0.15, 0.2) is 0 Å². The van der Waals surface area contributed by atoms with Crippen LogP contribution in [0.2, 0.25) is 0 Å². The zero-order valence-corrected chi connectivity index (χ0v) is 8.77. The van der Waals surface area contributed by atoms with Gasteiger partial charge in [-0.3, -0.25) is 5.41 Å². The molecule has 1 heterocycles. The molecule has 0 spiro atoms. The van der Waals surface area contributed by atoms with Gasteiger partial charge in [-0.05, 0) is 5.56 Å². The maximum atomic E-state index is 10.4. The van der Waals surface area contributed by atoms with Crippen molar-refractivity contribution in [3.63, 3.8) is 0 Å². The fourth-order valence-electron chi connectivity index (χ4n) is 1.79. The molecule has 0 fully saturated rings. The molecule has 0 aliphatic carbocycles. The zero-order chi connectivity index (χ0) is 11.5. The highest BCUT2D eigenvalue weighted by atomic mass is 16.5. The molecule has 0 saturated heterocycles. The van der Waals surface area contributed by atoms with Crippen LogP contribution in [0.1, 0.15) is 11.1 Å². The summed E-state index contributed by atoms with van der Waals surface area (Å²) in [4.78, 5) is 12.3. The van der Waals surface area contributed by atoms with Crippen LogP contribution >= 0.6 is 0 Å². The minimum atomic E-state index is -0.775. The maximum Gasteiger partial charge on any atom is 0.404 e. The van der Waals surface area contributed by atoms with Gasteiger partial charge in [0.1, 0.15) is 12.4 Å². The first-order valence-corrected chi connectivity index (χ1v) is 5.02. The first-order valence-electron chi connectivity index (χ1n) is 5.02. The predicted molar refractivity (Wildman–Crippen MR) is 59.2 cm³/mol. The van der Waals surface area contributed by atoms with Crippen molar-refractivity contribution in [1.82, 2.24) is 4.90 Å². The van der Waals surface area contributed by atoms with E-state index in [0.717, 1.165) is 11.1 Å². The molecule has 0 unspecified atom stereocenters. The van der Waals surface area contributed by atoms with E-state index in [1.165, 1.54) is 0 Å². The lowest BCUT2D eigenvalue weighted by Crippen LogP contribution is -2.29. The SMILES string of the molecule is N=C1c2ccccc2CN1CCOC(N)=O. The highest BCUT2D eigenvalue weighted by Gasteiger charge is 2.22. The van der Waals surface area contributed by atoms with Crippen molar-refractivity contribution in [3.8, 4) is 0 Å². The third-order valence-electron chi connectivity index (χ3n) is 2.56. The van der Waals surface area contributed by atoms with Crippen molar-refractivity contribution in [3.05, 3.63) is 35.4 Å². The second-order valence-corrected chi connectivity index (χ2v) is 3.59. The van der Waals surface area contributed by atoms with Crippen molar-refractivity contribution in [1.29, 1.82) is 5.41 Å². The van der Waals surface area contributed by atoms with Gasteiger partial charge >= 0.3 is 6.09 Å². The lowest BCUT2D eigenvalue weighted by Gasteiger charge is -2.16. The summed E-state index contributed by atoms with van der Waals surface area (Å²) in [6.07, 6.45) is -0.775. The lowest BCUT2D eigenvalue weighted by molar-refractivity contribution is 0.148. The van der Waals surface area contributed by atoms with Crippen molar-refractivity contribution in [2.45, 2.75) is 6.54 Å². The van der Waals surface area contributed by atoms with Crippen molar-refractivity contribution < 1.29 is 9.53 Å². The molecule has 0 atom stereocenters. The summed E-state index contributed by atoms with van der Waals surface area (Å²) < 4.78 is 4.65. The molecule has 0 aromatic heterocycles. The van der Waals surface area contributed by atoms with Crippen LogP contribution in [0.15, 0.2) is 24.3 Å². The van der Waals surface area contributed by atoms with Crippen molar-refractivity contribution in [2.24, 2.45) is 5.73 Å². The molecule has 0 radical (unpaired) electrons. The Morgan fingerprint density at radius 2 is 2.25 bits per heavy atom. The van der Waals surface area contributed by atoms with Crippen LogP contribution in [-0.4, -0.2) is 30.0 Å². The quantitative estimate of drug-likeness (QED) is 0.793. The number of nitrogens with two attached hydrogens (primary N) is 1. The molecular formula is C11H13N3O2. The first kappa shape index (κ1) is 10.5. The molecule has 0 saturated carbocycles. The molecule has 5 heteroatoms. The predicted octanol–water partition coefficient (Wildman–Crippen LogP) is 0.923. The van der Waals surface area contributed by atoms with Gasteiger partial charge < -0.3 is 15.4 Å². The van der Waals surface area contributed by atoms with Gasteiger partial charge in [0.2, 0.25) is 0 Å². The number of nitrogens with one attached hydrogen (secondary N) is 1. The van der Waals surface area contributed by atoms with Crippen LogP contribution in [0.3, 0.4) is 0 Å². The molecule has 1 aliphatic heterocycles. The van der Waals surface area contributed by atoms with E-state index in [-0.39, 0.29) is 6.61 Å². The van der Waals surface area contributed by atoms with E-state index in [0.29, 0.717) is 18.9 Å². The van der Waals surface area contributed by atoms with Gasteiger partial charge in [-0.25, -0.2) is 4.79 Å². The van der Waals surface area contributed by atoms with Gasteiger partial charge in [0.05, 0.1) is 6.54 Å². The van der Waals surface area contributed by atoms with E-state index in [2.05, 4.69) is 4.74 Å². The Bertz CT molecular complexity index is 431. The number of fused-ring (bicyclic) bond motifs is 1. The number of carbonyl (C=O) groups is 1. The molecule has 1 aliphatic rings. The average Bonchev–Trinajstić information content (AvgIpc) is 2.56. The second-order valence-electron chi connectivity index (χ2n) is 3.59. The summed E-state index contributed by atoms with van der Waals surface area (Å²) in [5.41, 5.74) is 6.94. The molecule has 5 nitrogen and oxygen atoms in total. The molecule has 1 amide bonds. The topological polar surface area (TPSA) is 79.4 Å². The first-order chi connectivity index (χ1) is 7.68. The van der Waals surface area contributed by atoms with Gasteiger partial charge in [-0.15, -0.1) is 0 Å². The van der Waals surface area contributed by atoms with E-state index in [1.807, 2.05) is 29.2 Å². The number of amidine groups is 1. The van der Waals surface area contributed by atoms with E-state index < -0.39 is 6.09 Å². The highest BCUT2D eigenvalue weighted by Crippen LogP contribution is 2.21. The second kappa shape index (κ2) is 4.22. The number of hydrogen-bond acceptors (Lipinski definition) is 3. The molecule has 16 heavy (non-hydrogen) atoms. The Morgan fingerprint density at radius 1 is 1.50 bits per heavy atom. The lowest BCUT2D eigenvalue weighted by atomic mass is 10.1. The molecule has 1 aromatic rings. The van der Waals surface area contributed by atoms with Crippen LogP contribution in [0.25, 0.3) is 0 Å². The Labute approximate surface area is 93.3 Å². The molecule has 1 aromatic carbocycles. The smallest absolute Gasteiger partial charge is 0.404 e. The minimum Gasteiger partial charge on any atom is -0.448 e. The fourth-order valence-corrected chi connectivity index (χ4v) is 1.79. The average molecular weight is 219 g/mol. The normalized spacial score (nSPS) is 13.8. The standard InChI is InChI=1S/C11H13N3O2/c12-10-9-4-2-1-3-8(9)7-14(10)5-6-16-11(13)15/h1-4,12H,5-7H2,(H2,13,15). The van der Waals surface area contributed by atoms with Crippen LogP contribution < -0.4 is 5.73 Å². The van der Waals surface area contributed by atoms with Crippen molar-refractivity contribution in [2.75, 3.05) is 13.2 Å². The third kappa shape index (κ3) is 1.98. The van der Waals surface area contributed by atoms with E-state index in [1.54, 1.807) is 0 Å². The molecule has 2 rings (SSSR count). The molecule has 3 N–H and O–H groups in total. The minimum absolute atomic E-state index is 0.214. The molecular weight excluding hydrogens is 206 g/mol. The van der Waals surface area contributed by atoms with Crippen LogP contribution in [0.5, 0.6) is 0 Å². The van der Waals surface area contributed by atoms with Crippen LogP contribution in [0.4, 0.5) is 4.79 Å². The van der Waals surface area contributed by atoms with Crippen LogP contribution in [0, 0.1) is 5.41 Å². The number of benzene rings is 1. The van der Waals surface area contributed by atoms with E-state index >= 15 is 0 Å². The summed E-state index contributed by atoms with van der Waals surface area (Å²) in [7, 11) is 0. The summed E-state index contributed by atoms with van der Waals surface area (Å²) in [5, 5.41) is 7.93. The van der Waals surface area contributed by atoms with Gasteiger partial charge in [-0.2, -0.15) is 0 Å². The van der Waals surface area contributed by atoms with E-state index in [4.69, 9.17) is 11.1 Å². The largest absolute Gasteiger partial charge is 0.448 e. The number of amides is 1. The Balaban J connectivity index is 1.97. The number of primary amides is 1. The number of nitrogens with zero attached hydrogens (tertiary/aromatic N) is 1. The number of rotatable bonds is 3. The van der Waals surface area contributed by atoms with Gasteiger partial charge in [0.25, 0.3) is 0 Å². The summed E-state index contributed by atoms with van der Waals surface area (Å²) in [6, 6.07) is 7.79. The highest BCUT2D eigenvalue weighted by molar-refractivity contribution is 6.00. The fraction of sp³-hybridized carbons (Fsp3) is 0.273. The summed E-state index contributed by atoms with van der Waals surface area (Å²) in [6.45, 7) is 1.40. The summed E-state index contributed by atoms with van der Waals surface area (Å²) >= 11 is 0. The van der Waals surface area contributed by atoms with Gasteiger partial charge in [0, 0.05) is 12.1 Å². The maximum absolute atomic E-state index is 10.4. The summed E-state index contributed by atoms with van der Waals surface area (Å²) in [5.74, 6) is 0.476. The van der Waals surface area contributed by atoms with Gasteiger partial charge in [-0.1, -0.05) is 24.3 Å². The van der Waals surface area contributed by atoms with Crippen molar-refractivity contribution >= 4 is 11.9 Å². The number of ether oxygens (including phenoxy) is 1. The monoisotopic (exact) mass is 219 g/mol. The van der Waals surface area contributed by atoms with E-state index in [9.17, 15) is 4.79 Å². The number of hydrogen-bond donors (Lipinski definition) is 2. The Morgan fingerprint density at radius 3 is 2.94 bits per heavy atom. The Kier molecular flexibility index (Phi) is 2.76. The van der Waals surface area contributed by atoms with Crippen LogP contribution in [-0.2, 0) is 11.3 Å².